The zero-order chi connectivity index (χ0) is 18.2. The molecule has 2 rings (SSSR count). The summed E-state index contributed by atoms with van der Waals surface area (Å²) in [5.41, 5.74) is 0.742. The highest BCUT2D eigenvalue weighted by molar-refractivity contribution is 7.98. The molecule has 1 amide bonds. The van der Waals surface area contributed by atoms with Gasteiger partial charge in [0, 0.05) is 6.54 Å². The molecule has 8 heteroatoms. The van der Waals surface area contributed by atoms with E-state index in [0.717, 1.165) is 12.8 Å². The van der Waals surface area contributed by atoms with Gasteiger partial charge in [-0.15, -0.1) is 11.8 Å². The molecule has 2 aromatic heterocycles. The van der Waals surface area contributed by atoms with E-state index in [9.17, 15) is 9.59 Å². The van der Waals surface area contributed by atoms with Gasteiger partial charge in [0.1, 0.15) is 10.6 Å². The van der Waals surface area contributed by atoms with Crippen molar-refractivity contribution in [2.45, 2.75) is 31.7 Å². The molecule has 0 spiro atoms. The van der Waals surface area contributed by atoms with Gasteiger partial charge in [0.05, 0.1) is 12.0 Å². The number of aryl methyl sites for hydroxylation is 1. The molecule has 0 aliphatic heterocycles. The van der Waals surface area contributed by atoms with Gasteiger partial charge in [0.15, 0.2) is 18.2 Å². The summed E-state index contributed by atoms with van der Waals surface area (Å²) in [6.45, 7) is 3.98. The number of unbranched alkanes of at least 4 members (excludes halogenated alkanes) is 1. The molecule has 134 valence electrons. The van der Waals surface area contributed by atoms with Crippen molar-refractivity contribution in [1.29, 1.82) is 0 Å². The smallest absolute Gasteiger partial charge is 0.343 e. The lowest BCUT2D eigenvalue weighted by Crippen LogP contribution is -2.29. The van der Waals surface area contributed by atoms with Crippen LogP contribution in [0.4, 0.5) is 0 Å². The second-order valence-electron chi connectivity index (χ2n) is 5.27. The fourth-order valence-corrected chi connectivity index (χ4v) is 2.72. The highest BCUT2D eigenvalue weighted by Gasteiger charge is 2.21. The monoisotopic (exact) mass is 363 g/mol. The summed E-state index contributed by atoms with van der Waals surface area (Å²) in [7, 11) is 0. The van der Waals surface area contributed by atoms with Crippen LogP contribution < -0.4 is 5.32 Å². The van der Waals surface area contributed by atoms with Gasteiger partial charge in [0.25, 0.3) is 5.91 Å². The van der Waals surface area contributed by atoms with Crippen LogP contribution in [0.3, 0.4) is 0 Å². The highest BCUT2D eigenvalue weighted by atomic mass is 32.2. The van der Waals surface area contributed by atoms with Gasteiger partial charge >= 0.3 is 5.97 Å². The Balaban J connectivity index is 2.10. The predicted molar refractivity (Wildman–Crippen MR) is 94.5 cm³/mol. The number of hydrogen-bond donors (Lipinski definition) is 1. The second kappa shape index (κ2) is 9.22. The van der Waals surface area contributed by atoms with Gasteiger partial charge < -0.3 is 14.5 Å². The molecule has 0 saturated heterocycles. The van der Waals surface area contributed by atoms with E-state index in [-0.39, 0.29) is 18.1 Å². The number of esters is 1. The molecule has 2 heterocycles. The molecule has 0 unspecified atom stereocenters. The maximum Gasteiger partial charge on any atom is 0.343 e. The summed E-state index contributed by atoms with van der Waals surface area (Å²) in [6, 6.07) is 3.49. The van der Waals surface area contributed by atoms with Gasteiger partial charge in [-0.25, -0.2) is 14.8 Å². The van der Waals surface area contributed by atoms with Gasteiger partial charge in [-0.3, -0.25) is 4.79 Å². The minimum Gasteiger partial charge on any atom is -0.461 e. The number of hydrogen-bond acceptors (Lipinski definition) is 7. The summed E-state index contributed by atoms with van der Waals surface area (Å²) < 4.78 is 10.4. The third-order valence-corrected chi connectivity index (χ3v) is 4.06. The SMILES string of the molecule is CCCCNC(=O)COC(=O)c1c(C)nc(-c2ccco2)nc1SC. The lowest BCUT2D eigenvalue weighted by molar-refractivity contribution is -0.124. The molecule has 0 fully saturated rings. The lowest BCUT2D eigenvalue weighted by Gasteiger charge is -2.11. The van der Waals surface area contributed by atoms with E-state index < -0.39 is 5.97 Å². The first-order valence-corrected chi connectivity index (χ1v) is 9.19. The standard InChI is InChI=1S/C17H21N3O4S/c1-4-5-8-18-13(21)10-24-17(22)14-11(2)19-15(20-16(14)25-3)12-7-6-9-23-12/h6-7,9H,4-5,8,10H2,1-3H3,(H,18,21). The Labute approximate surface area is 150 Å². The number of ether oxygens (including phenoxy) is 1. The number of aromatic nitrogens is 2. The first kappa shape index (κ1) is 19.0. The van der Waals surface area contributed by atoms with Crippen LogP contribution in [0.25, 0.3) is 11.6 Å². The zero-order valence-electron chi connectivity index (χ0n) is 14.5. The third-order valence-electron chi connectivity index (χ3n) is 3.38. The fraction of sp³-hybridized carbons (Fsp3) is 0.412. The predicted octanol–water partition coefficient (Wildman–Crippen LogP) is 2.84. The van der Waals surface area contributed by atoms with Crippen LogP contribution in [-0.4, -0.2) is 41.3 Å². The molecule has 2 aromatic rings. The van der Waals surface area contributed by atoms with E-state index in [1.54, 1.807) is 19.1 Å². The Morgan fingerprint density at radius 3 is 2.80 bits per heavy atom. The Morgan fingerprint density at radius 2 is 2.16 bits per heavy atom. The van der Waals surface area contributed by atoms with Gasteiger partial charge in [-0.2, -0.15) is 0 Å². The van der Waals surface area contributed by atoms with Gasteiger partial charge in [0.2, 0.25) is 0 Å². The molecular formula is C17H21N3O4S. The van der Waals surface area contributed by atoms with E-state index in [4.69, 9.17) is 9.15 Å². The molecule has 0 aliphatic carbocycles. The minimum atomic E-state index is -0.613. The number of amides is 1. The first-order valence-electron chi connectivity index (χ1n) is 7.97. The summed E-state index contributed by atoms with van der Waals surface area (Å²) >= 11 is 1.31. The maximum atomic E-state index is 12.4. The van der Waals surface area contributed by atoms with Crippen LogP contribution in [0.15, 0.2) is 27.8 Å². The van der Waals surface area contributed by atoms with Crippen molar-refractivity contribution in [2.75, 3.05) is 19.4 Å². The highest BCUT2D eigenvalue weighted by Crippen LogP contribution is 2.25. The Bertz CT molecular complexity index is 732. The molecule has 0 aliphatic rings. The summed E-state index contributed by atoms with van der Waals surface area (Å²) in [6.07, 6.45) is 5.21. The van der Waals surface area contributed by atoms with Crippen LogP contribution in [0.2, 0.25) is 0 Å². The van der Waals surface area contributed by atoms with Crippen molar-refractivity contribution in [3.8, 4) is 11.6 Å². The maximum absolute atomic E-state index is 12.4. The van der Waals surface area contributed by atoms with Crippen LogP contribution in [-0.2, 0) is 9.53 Å². The lowest BCUT2D eigenvalue weighted by atomic mass is 10.2. The first-order chi connectivity index (χ1) is 12.1. The number of carbonyl (C=O) groups is 2. The van der Waals surface area contributed by atoms with E-state index in [0.29, 0.717) is 28.8 Å². The minimum absolute atomic E-state index is 0.268. The number of nitrogens with zero attached hydrogens (tertiary/aromatic N) is 2. The third kappa shape index (κ3) is 5.06. The van der Waals surface area contributed by atoms with Crippen molar-refractivity contribution < 1.29 is 18.7 Å². The quantitative estimate of drug-likeness (QED) is 0.333. The molecule has 0 aromatic carbocycles. The van der Waals surface area contributed by atoms with Crippen molar-refractivity contribution in [3.63, 3.8) is 0 Å². The van der Waals surface area contributed by atoms with E-state index in [1.165, 1.54) is 18.0 Å². The summed E-state index contributed by atoms with van der Waals surface area (Å²) in [5.74, 6) is -0.00825. The molecule has 1 N–H and O–H groups in total. The van der Waals surface area contributed by atoms with Crippen molar-refractivity contribution in [1.82, 2.24) is 15.3 Å². The Hall–Kier alpha value is -2.35. The number of furan rings is 1. The number of thioether (sulfide) groups is 1. The van der Waals surface area contributed by atoms with Crippen LogP contribution in [0.5, 0.6) is 0 Å². The average Bonchev–Trinajstić information content (AvgIpc) is 3.13. The van der Waals surface area contributed by atoms with E-state index >= 15 is 0 Å². The topological polar surface area (TPSA) is 94.3 Å². The summed E-state index contributed by atoms with van der Waals surface area (Å²) in [5, 5.41) is 3.18. The molecule has 0 atom stereocenters. The molecule has 0 radical (unpaired) electrons. The van der Waals surface area contributed by atoms with Crippen molar-refractivity contribution in [2.24, 2.45) is 0 Å². The summed E-state index contributed by atoms with van der Waals surface area (Å²) in [4.78, 5) is 32.7. The number of nitrogens with one attached hydrogen (secondary N) is 1. The van der Waals surface area contributed by atoms with Gasteiger partial charge in [-0.1, -0.05) is 13.3 Å². The van der Waals surface area contributed by atoms with Crippen LogP contribution in [0.1, 0.15) is 35.8 Å². The van der Waals surface area contributed by atoms with Crippen molar-refractivity contribution >= 4 is 23.6 Å². The van der Waals surface area contributed by atoms with Gasteiger partial charge in [-0.05, 0) is 31.7 Å². The second-order valence-corrected chi connectivity index (χ2v) is 6.07. The molecule has 0 saturated carbocycles. The number of carbonyl (C=O) groups excluding carboxylic acids is 2. The zero-order valence-corrected chi connectivity index (χ0v) is 15.3. The Morgan fingerprint density at radius 1 is 1.36 bits per heavy atom. The fourth-order valence-electron chi connectivity index (χ4n) is 2.10. The molecule has 0 bridgehead atoms. The number of rotatable bonds is 8. The molecule has 25 heavy (non-hydrogen) atoms. The van der Waals surface area contributed by atoms with Crippen LogP contribution in [0, 0.1) is 6.92 Å². The average molecular weight is 363 g/mol. The Kier molecular flexibility index (Phi) is 7.00. The van der Waals surface area contributed by atoms with E-state index in [2.05, 4.69) is 15.3 Å². The van der Waals surface area contributed by atoms with Crippen LogP contribution >= 0.6 is 11.8 Å². The van der Waals surface area contributed by atoms with E-state index in [1.807, 2.05) is 13.2 Å². The van der Waals surface area contributed by atoms with Crippen molar-refractivity contribution in [3.05, 3.63) is 29.7 Å². The largest absolute Gasteiger partial charge is 0.461 e. The molecular weight excluding hydrogens is 342 g/mol. The molecule has 7 nitrogen and oxygen atoms in total. The normalized spacial score (nSPS) is 10.5.